The van der Waals surface area contributed by atoms with E-state index in [0.29, 0.717) is 25.9 Å². The van der Waals surface area contributed by atoms with E-state index in [1.807, 2.05) is 6.92 Å². The molecule has 0 bridgehead atoms. The molecule has 2 aliphatic rings. The summed E-state index contributed by atoms with van der Waals surface area (Å²) < 4.78 is 5.56. The number of carbonyl (C=O) groups is 2. The molecule has 1 saturated heterocycles. The number of amides is 2. The summed E-state index contributed by atoms with van der Waals surface area (Å²) >= 11 is 0. The van der Waals surface area contributed by atoms with Gasteiger partial charge in [-0.2, -0.15) is 0 Å². The summed E-state index contributed by atoms with van der Waals surface area (Å²) in [5.41, 5.74) is -1.08. The molecule has 120 valence electrons. The van der Waals surface area contributed by atoms with Crippen molar-refractivity contribution in [1.82, 2.24) is 10.2 Å². The smallest absolute Gasteiger partial charge is 0.329 e. The van der Waals surface area contributed by atoms with E-state index in [1.54, 1.807) is 4.90 Å². The van der Waals surface area contributed by atoms with Crippen molar-refractivity contribution in [2.24, 2.45) is 0 Å². The highest BCUT2D eigenvalue weighted by Gasteiger charge is 2.41. The maximum absolute atomic E-state index is 12.4. The Morgan fingerprint density at radius 1 is 1.29 bits per heavy atom. The fourth-order valence-electron chi connectivity index (χ4n) is 3.22. The number of carbonyl (C=O) groups excluding carboxylic acids is 1. The van der Waals surface area contributed by atoms with Crippen LogP contribution in [0.4, 0.5) is 4.79 Å². The van der Waals surface area contributed by atoms with Gasteiger partial charge in [0.15, 0.2) is 0 Å². The Morgan fingerprint density at radius 2 is 2.00 bits per heavy atom. The number of carboxylic acid groups (broad SMARTS) is 1. The summed E-state index contributed by atoms with van der Waals surface area (Å²) in [5, 5.41) is 12.3. The van der Waals surface area contributed by atoms with E-state index in [2.05, 4.69) is 5.32 Å². The number of rotatable bonds is 5. The summed E-state index contributed by atoms with van der Waals surface area (Å²) in [4.78, 5) is 25.7. The number of ether oxygens (including phenoxy) is 1. The van der Waals surface area contributed by atoms with Crippen molar-refractivity contribution >= 4 is 12.0 Å². The lowest BCUT2D eigenvalue weighted by molar-refractivity contribution is -0.146. The highest BCUT2D eigenvalue weighted by atomic mass is 16.5. The average molecular weight is 298 g/mol. The minimum absolute atomic E-state index is 0.0860. The van der Waals surface area contributed by atoms with Crippen molar-refractivity contribution in [2.75, 3.05) is 19.7 Å². The number of nitrogens with zero attached hydrogens (tertiary/aromatic N) is 1. The van der Waals surface area contributed by atoms with Crippen LogP contribution in [-0.2, 0) is 9.53 Å². The molecule has 1 aliphatic heterocycles. The first-order valence-electron chi connectivity index (χ1n) is 7.99. The Kier molecular flexibility index (Phi) is 5.45. The van der Waals surface area contributed by atoms with Gasteiger partial charge in [0.1, 0.15) is 5.54 Å². The Labute approximate surface area is 125 Å². The van der Waals surface area contributed by atoms with Crippen LogP contribution in [0.5, 0.6) is 0 Å². The third kappa shape index (κ3) is 3.87. The summed E-state index contributed by atoms with van der Waals surface area (Å²) in [6.07, 6.45) is 5.86. The number of likely N-dealkylation sites (N-methyl/N-ethyl adjacent to an activating group) is 1. The number of carboxylic acids is 1. The maximum atomic E-state index is 12.4. The highest BCUT2D eigenvalue weighted by Crippen LogP contribution is 2.28. The lowest BCUT2D eigenvalue weighted by atomic mass is 9.82. The lowest BCUT2D eigenvalue weighted by Crippen LogP contribution is -2.59. The van der Waals surface area contributed by atoms with Gasteiger partial charge in [-0.05, 0) is 32.6 Å². The number of hydrogen-bond acceptors (Lipinski definition) is 3. The van der Waals surface area contributed by atoms with Crippen molar-refractivity contribution < 1.29 is 19.4 Å². The van der Waals surface area contributed by atoms with Crippen molar-refractivity contribution in [2.45, 2.75) is 63.5 Å². The van der Waals surface area contributed by atoms with Crippen LogP contribution in [-0.4, -0.2) is 53.3 Å². The van der Waals surface area contributed by atoms with Crippen LogP contribution in [0, 0.1) is 0 Å². The monoisotopic (exact) mass is 298 g/mol. The van der Waals surface area contributed by atoms with Gasteiger partial charge in [-0.15, -0.1) is 0 Å². The van der Waals surface area contributed by atoms with Gasteiger partial charge in [-0.1, -0.05) is 19.3 Å². The Morgan fingerprint density at radius 3 is 2.52 bits per heavy atom. The standard InChI is InChI=1S/C15H26N2O4/c1-2-17(11-12-7-6-10-21-12)14(20)16-15(13(18)19)8-4-3-5-9-15/h12H,2-11H2,1H3,(H,16,20)(H,18,19). The van der Waals surface area contributed by atoms with Crippen molar-refractivity contribution in [3.05, 3.63) is 0 Å². The molecule has 0 spiro atoms. The molecule has 6 heteroatoms. The molecule has 0 radical (unpaired) electrons. The second kappa shape index (κ2) is 7.11. The van der Waals surface area contributed by atoms with Gasteiger partial charge in [-0.25, -0.2) is 9.59 Å². The molecule has 6 nitrogen and oxygen atoms in total. The third-order valence-electron chi connectivity index (χ3n) is 4.58. The zero-order valence-electron chi connectivity index (χ0n) is 12.8. The van der Waals surface area contributed by atoms with Crippen LogP contribution in [0.25, 0.3) is 0 Å². The minimum atomic E-state index is -1.08. The quantitative estimate of drug-likeness (QED) is 0.813. The molecule has 2 fully saturated rings. The summed E-state index contributed by atoms with van der Waals surface area (Å²) in [5.74, 6) is -0.913. The maximum Gasteiger partial charge on any atom is 0.329 e. The predicted octanol–water partition coefficient (Wildman–Crippen LogP) is 1.98. The van der Waals surface area contributed by atoms with Crippen molar-refractivity contribution in [3.63, 3.8) is 0 Å². The highest BCUT2D eigenvalue weighted by molar-refractivity contribution is 5.86. The van der Waals surface area contributed by atoms with Crippen molar-refractivity contribution in [3.8, 4) is 0 Å². The van der Waals surface area contributed by atoms with E-state index in [-0.39, 0.29) is 12.1 Å². The van der Waals surface area contributed by atoms with E-state index in [0.717, 1.165) is 38.7 Å². The van der Waals surface area contributed by atoms with Gasteiger partial charge >= 0.3 is 12.0 Å². The molecular weight excluding hydrogens is 272 g/mol. The summed E-state index contributed by atoms with van der Waals surface area (Å²) in [6.45, 7) is 3.76. The van der Waals surface area contributed by atoms with Gasteiger partial charge in [-0.3, -0.25) is 0 Å². The molecular formula is C15H26N2O4. The third-order valence-corrected chi connectivity index (χ3v) is 4.58. The molecule has 1 unspecified atom stereocenters. The topological polar surface area (TPSA) is 78.9 Å². The number of aliphatic carboxylic acids is 1. The summed E-state index contributed by atoms with van der Waals surface area (Å²) in [7, 11) is 0. The Bertz CT molecular complexity index is 374. The van der Waals surface area contributed by atoms with E-state index < -0.39 is 11.5 Å². The zero-order chi connectivity index (χ0) is 15.3. The van der Waals surface area contributed by atoms with E-state index >= 15 is 0 Å². The van der Waals surface area contributed by atoms with Crippen LogP contribution in [0.2, 0.25) is 0 Å². The molecule has 0 aromatic rings. The van der Waals surface area contributed by atoms with Gasteiger partial charge in [0.05, 0.1) is 6.10 Å². The van der Waals surface area contributed by atoms with E-state index in [9.17, 15) is 14.7 Å². The molecule has 0 aromatic carbocycles. The first-order chi connectivity index (χ1) is 10.1. The average Bonchev–Trinajstić information content (AvgIpc) is 2.98. The first-order valence-corrected chi connectivity index (χ1v) is 7.99. The van der Waals surface area contributed by atoms with Crippen LogP contribution < -0.4 is 5.32 Å². The minimum Gasteiger partial charge on any atom is -0.480 e. The number of urea groups is 1. The second-order valence-electron chi connectivity index (χ2n) is 6.05. The molecule has 1 aliphatic carbocycles. The Hall–Kier alpha value is -1.30. The fraction of sp³-hybridized carbons (Fsp3) is 0.867. The largest absolute Gasteiger partial charge is 0.480 e. The van der Waals surface area contributed by atoms with Crippen molar-refractivity contribution in [1.29, 1.82) is 0 Å². The molecule has 1 saturated carbocycles. The van der Waals surface area contributed by atoms with Gasteiger partial charge < -0.3 is 20.1 Å². The summed E-state index contributed by atoms with van der Waals surface area (Å²) in [6, 6.07) is -0.280. The van der Waals surface area contributed by atoms with Crippen LogP contribution in [0.3, 0.4) is 0 Å². The van der Waals surface area contributed by atoms with Gasteiger partial charge in [0, 0.05) is 19.7 Å². The van der Waals surface area contributed by atoms with Gasteiger partial charge in [0.2, 0.25) is 0 Å². The van der Waals surface area contributed by atoms with E-state index in [1.165, 1.54) is 0 Å². The predicted molar refractivity (Wildman–Crippen MR) is 78.2 cm³/mol. The Balaban J connectivity index is 1.97. The second-order valence-corrected chi connectivity index (χ2v) is 6.05. The zero-order valence-corrected chi connectivity index (χ0v) is 12.8. The molecule has 2 N–H and O–H groups in total. The SMILES string of the molecule is CCN(CC1CCCO1)C(=O)NC1(C(=O)O)CCCCC1. The molecule has 1 heterocycles. The number of hydrogen-bond donors (Lipinski definition) is 2. The first kappa shape index (κ1) is 16.1. The molecule has 1 atom stereocenters. The van der Waals surface area contributed by atoms with Gasteiger partial charge in [0.25, 0.3) is 0 Å². The fourth-order valence-corrected chi connectivity index (χ4v) is 3.22. The molecule has 2 rings (SSSR count). The molecule has 21 heavy (non-hydrogen) atoms. The van der Waals surface area contributed by atoms with Crippen LogP contribution >= 0.6 is 0 Å². The number of nitrogens with one attached hydrogen (secondary N) is 1. The van der Waals surface area contributed by atoms with Crippen LogP contribution in [0.15, 0.2) is 0 Å². The van der Waals surface area contributed by atoms with Crippen LogP contribution in [0.1, 0.15) is 51.9 Å². The molecule has 0 aromatic heterocycles. The molecule has 2 amide bonds. The van der Waals surface area contributed by atoms with E-state index in [4.69, 9.17) is 4.74 Å². The normalized spacial score (nSPS) is 24.5. The lowest BCUT2D eigenvalue weighted by Gasteiger charge is -2.36.